The molecule has 1 unspecified atom stereocenters. The summed E-state index contributed by atoms with van der Waals surface area (Å²) >= 11 is 5.77. The Balaban J connectivity index is 2.60. The van der Waals surface area contributed by atoms with Gasteiger partial charge in [-0.05, 0) is 6.92 Å². The summed E-state index contributed by atoms with van der Waals surface area (Å²) in [6, 6.07) is 0. The minimum atomic E-state index is -4.50. The van der Waals surface area contributed by atoms with Crippen molar-refractivity contribution in [3.05, 3.63) is 16.4 Å². The Kier molecular flexibility index (Phi) is 2.07. The largest absolute Gasteiger partial charge is 0.435 e. The molecule has 0 aromatic carbocycles. The Morgan fingerprint density at radius 2 is 2.07 bits per heavy atom. The fourth-order valence-electron chi connectivity index (χ4n) is 1.42. The van der Waals surface area contributed by atoms with Crippen LogP contribution >= 0.6 is 11.6 Å². The van der Waals surface area contributed by atoms with Crippen LogP contribution in [-0.4, -0.2) is 16.4 Å². The number of alkyl halides is 3. The smallest absolute Gasteiger partial charge is 0.365 e. The van der Waals surface area contributed by atoms with Gasteiger partial charge in [-0.1, -0.05) is 11.6 Å². The van der Waals surface area contributed by atoms with Crippen molar-refractivity contribution in [3.8, 4) is 0 Å². The normalized spacial score (nSPS) is 25.7. The number of ether oxygens (including phenoxy) is 1. The van der Waals surface area contributed by atoms with E-state index in [-0.39, 0.29) is 17.3 Å². The van der Waals surface area contributed by atoms with Gasteiger partial charge in [0.2, 0.25) is 0 Å². The summed E-state index contributed by atoms with van der Waals surface area (Å²) in [6.45, 7) is 1.80. The molecule has 2 rings (SSSR count). The van der Waals surface area contributed by atoms with E-state index in [1.165, 1.54) is 7.05 Å². The molecule has 15 heavy (non-hydrogen) atoms. The molecule has 0 aliphatic carbocycles. The Hall–Kier alpha value is -0.750. The molecule has 0 radical (unpaired) electrons. The zero-order chi connectivity index (χ0) is 11.4. The van der Waals surface area contributed by atoms with Crippen molar-refractivity contribution >= 4 is 11.6 Å². The fraction of sp³-hybridized carbons (Fsp3) is 0.625. The van der Waals surface area contributed by atoms with Gasteiger partial charge in [-0.3, -0.25) is 4.68 Å². The number of hydrogen-bond donors (Lipinski definition) is 0. The van der Waals surface area contributed by atoms with E-state index >= 15 is 0 Å². The van der Waals surface area contributed by atoms with E-state index < -0.39 is 17.5 Å². The molecule has 0 amide bonds. The summed E-state index contributed by atoms with van der Waals surface area (Å²) in [5, 5.41) is 3.34. The van der Waals surface area contributed by atoms with Crippen LogP contribution in [0.2, 0.25) is 5.15 Å². The van der Waals surface area contributed by atoms with Gasteiger partial charge in [0.25, 0.3) is 0 Å². The second-order valence-electron chi connectivity index (χ2n) is 3.66. The third kappa shape index (κ3) is 1.61. The van der Waals surface area contributed by atoms with Crippen LogP contribution < -0.4 is 0 Å². The molecule has 2 heterocycles. The first-order valence-corrected chi connectivity index (χ1v) is 4.57. The third-order valence-electron chi connectivity index (χ3n) is 2.35. The number of nitrogens with zero attached hydrogens (tertiary/aromatic N) is 2. The molecule has 0 saturated carbocycles. The van der Waals surface area contributed by atoms with Crippen molar-refractivity contribution in [2.45, 2.75) is 18.7 Å². The lowest BCUT2D eigenvalue weighted by molar-refractivity contribution is -0.142. The summed E-state index contributed by atoms with van der Waals surface area (Å²) in [4.78, 5) is 0. The van der Waals surface area contributed by atoms with E-state index in [9.17, 15) is 13.2 Å². The number of hydrogen-bond acceptors (Lipinski definition) is 2. The second-order valence-corrected chi connectivity index (χ2v) is 4.01. The molecule has 1 aliphatic heterocycles. The Morgan fingerprint density at radius 1 is 1.53 bits per heavy atom. The van der Waals surface area contributed by atoms with Gasteiger partial charge in [0.05, 0.1) is 12.2 Å². The summed E-state index contributed by atoms with van der Waals surface area (Å²) in [5.41, 5.74) is -1.97. The topological polar surface area (TPSA) is 30.4 Å². The number of aromatic nitrogens is 2. The van der Waals surface area contributed by atoms with Crippen LogP contribution in [0.15, 0.2) is 0 Å². The van der Waals surface area contributed by atoms with E-state index in [4.69, 9.17) is 16.3 Å². The average molecular weight is 241 g/mol. The SMILES string of the molecule is Cn1nc(C(F)(F)F)c(C2(C)CO2)c1Cl. The van der Waals surface area contributed by atoms with Crippen LogP contribution in [0.25, 0.3) is 0 Å². The molecule has 1 aliphatic rings. The maximum absolute atomic E-state index is 12.6. The number of epoxide rings is 1. The number of rotatable bonds is 1. The Bertz CT molecular complexity index is 409. The highest BCUT2D eigenvalue weighted by Gasteiger charge is 2.51. The standard InChI is InChI=1S/C8H8ClF3N2O/c1-7(3-15-7)4-5(8(10,11)12)13-14(2)6(4)9/h3H2,1-2H3. The molecule has 0 spiro atoms. The van der Waals surface area contributed by atoms with Crippen molar-refractivity contribution in [3.63, 3.8) is 0 Å². The highest BCUT2D eigenvalue weighted by Crippen LogP contribution is 2.47. The van der Waals surface area contributed by atoms with Crippen molar-refractivity contribution < 1.29 is 17.9 Å². The number of halogens is 4. The lowest BCUT2D eigenvalue weighted by Crippen LogP contribution is -2.14. The molecule has 7 heteroatoms. The molecule has 1 saturated heterocycles. The Morgan fingerprint density at radius 3 is 2.47 bits per heavy atom. The summed E-state index contributed by atoms with van der Waals surface area (Å²) in [6.07, 6.45) is -4.50. The van der Waals surface area contributed by atoms with E-state index in [0.717, 1.165) is 4.68 Å². The zero-order valence-corrected chi connectivity index (χ0v) is 8.78. The minimum absolute atomic E-state index is 0.0256. The van der Waals surface area contributed by atoms with Gasteiger partial charge < -0.3 is 4.74 Å². The molecule has 1 aromatic heterocycles. The molecule has 1 fully saturated rings. The van der Waals surface area contributed by atoms with Crippen LogP contribution in [0.3, 0.4) is 0 Å². The van der Waals surface area contributed by atoms with Crippen LogP contribution in [0.5, 0.6) is 0 Å². The van der Waals surface area contributed by atoms with Crippen molar-refractivity contribution in [1.29, 1.82) is 0 Å². The fourth-order valence-corrected chi connectivity index (χ4v) is 1.75. The third-order valence-corrected chi connectivity index (χ3v) is 2.79. The highest BCUT2D eigenvalue weighted by molar-refractivity contribution is 6.30. The van der Waals surface area contributed by atoms with Gasteiger partial charge in [-0.25, -0.2) is 0 Å². The number of aryl methyl sites for hydroxylation is 1. The van der Waals surface area contributed by atoms with Crippen LogP contribution in [0.1, 0.15) is 18.2 Å². The van der Waals surface area contributed by atoms with Crippen LogP contribution in [-0.2, 0) is 23.6 Å². The maximum atomic E-state index is 12.6. The molecule has 0 N–H and O–H groups in total. The first-order valence-electron chi connectivity index (χ1n) is 4.20. The van der Waals surface area contributed by atoms with E-state index in [1.54, 1.807) is 6.92 Å². The van der Waals surface area contributed by atoms with E-state index in [1.807, 2.05) is 0 Å². The van der Waals surface area contributed by atoms with Gasteiger partial charge in [-0.15, -0.1) is 0 Å². The average Bonchev–Trinajstić information content (AvgIpc) is 2.73. The van der Waals surface area contributed by atoms with Crippen molar-refractivity contribution in [1.82, 2.24) is 9.78 Å². The Labute approximate surface area is 88.8 Å². The molecule has 1 atom stereocenters. The van der Waals surface area contributed by atoms with Gasteiger partial charge in [0.1, 0.15) is 10.8 Å². The molecule has 1 aromatic rings. The second kappa shape index (κ2) is 2.89. The first kappa shape index (κ1) is 10.8. The van der Waals surface area contributed by atoms with Crippen molar-refractivity contribution in [2.75, 3.05) is 6.61 Å². The minimum Gasteiger partial charge on any atom is -0.365 e. The summed E-state index contributed by atoms with van der Waals surface area (Å²) in [7, 11) is 1.37. The van der Waals surface area contributed by atoms with Crippen molar-refractivity contribution in [2.24, 2.45) is 7.05 Å². The predicted octanol–water partition coefficient (Wildman–Crippen LogP) is 2.34. The quantitative estimate of drug-likeness (QED) is 0.706. The van der Waals surface area contributed by atoms with Gasteiger partial charge in [0.15, 0.2) is 5.69 Å². The summed E-state index contributed by atoms with van der Waals surface area (Å²) in [5.74, 6) is 0. The van der Waals surface area contributed by atoms with Crippen LogP contribution in [0, 0.1) is 0 Å². The van der Waals surface area contributed by atoms with Crippen LogP contribution in [0.4, 0.5) is 13.2 Å². The van der Waals surface area contributed by atoms with E-state index in [2.05, 4.69) is 5.10 Å². The molecule has 84 valence electrons. The lowest BCUT2D eigenvalue weighted by Gasteiger charge is -2.08. The molecule has 3 nitrogen and oxygen atoms in total. The molecular formula is C8H8ClF3N2O. The van der Waals surface area contributed by atoms with Gasteiger partial charge in [-0.2, -0.15) is 18.3 Å². The maximum Gasteiger partial charge on any atom is 0.435 e. The first-order chi connectivity index (χ1) is 6.76. The molecular weight excluding hydrogens is 233 g/mol. The zero-order valence-electron chi connectivity index (χ0n) is 8.02. The monoisotopic (exact) mass is 240 g/mol. The molecule has 0 bridgehead atoms. The van der Waals surface area contributed by atoms with Gasteiger partial charge in [0, 0.05) is 7.05 Å². The predicted molar refractivity (Wildman–Crippen MR) is 46.5 cm³/mol. The highest BCUT2D eigenvalue weighted by atomic mass is 35.5. The lowest BCUT2D eigenvalue weighted by atomic mass is 10.0. The van der Waals surface area contributed by atoms with E-state index in [0.29, 0.717) is 0 Å². The van der Waals surface area contributed by atoms with Gasteiger partial charge >= 0.3 is 6.18 Å². The summed E-state index contributed by atoms with van der Waals surface area (Å²) < 4.78 is 43.8.